The van der Waals surface area contributed by atoms with E-state index in [1.807, 2.05) is 0 Å². The third-order valence-corrected chi connectivity index (χ3v) is 4.28. The van der Waals surface area contributed by atoms with Gasteiger partial charge in [-0.05, 0) is 36.6 Å². The van der Waals surface area contributed by atoms with Crippen LogP contribution in [0.15, 0.2) is 18.2 Å². The molecule has 21 heavy (non-hydrogen) atoms. The van der Waals surface area contributed by atoms with Gasteiger partial charge >= 0.3 is 0 Å². The Bertz CT molecular complexity index is 624. The van der Waals surface area contributed by atoms with Crippen molar-refractivity contribution in [3.05, 3.63) is 29.3 Å². The van der Waals surface area contributed by atoms with Gasteiger partial charge in [0, 0.05) is 37.1 Å². The second kappa shape index (κ2) is 5.31. The van der Waals surface area contributed by atoms with Crippen molar-refractivity contribution in [2.24, 2.45) is 0 Å². The Balaban J connectivity index is 1.85. The fraction of sp³-hybridized carbons (Fsp3) is 0.438. The van der Waals surface area contributed by atoms with E-state index in [1.165, 1.54) is 0 Å². The normalized spacial score (nSPS) is 23.0. The Kier molecular flexibility index (Phi) is 3.49. The zero-order valence-corrected chi connectivity index (χ0v) is 11.8. The first-order valence-electron chi connectivity index (χ1n) is 7.30. The summed E-state index contributed by atoms with van der Waals surface area (Å²) in [5, 5.41) is 0. The number of Topliss-reactive ketones (excluding diaryl/α,β-unsaturated/α-hetero) is 2. The lowest BCUT2D eigenvalue weighted by Crippen LogP contribution is -2.42. The number of hydrogen-bond acceptors (Lipinski definition) is 4. The molecular formula is C16H18N2O3. The number of amides is 1. The number of anilines is 1. The summed E-state index contributed by atoms with van der Waals surface area (Å²) >= 11 is 0. The molecule has 1 aliphatic heterocycles. The van der Waals surface area contributed by atoms with E-state index in [1.54, 1.807) is 23.1 Å². The molecule has 1 heterocycles. The molecule has 0 saturated heterocycles. The molecule has 1 aromatic rings. The van der Waals surface area contributed by atoms with Crippen LogP contribution in [0.2, 0.25) is 0 Å². The Morgan fingerprint density at radius 3 is 2.71 bits per heavy atom. The van der Waals surface area contributed by atoms with Crippen molar-refractivity contribution >= 4 is 23.2 Å². The molecule has 1 atom stereocenters. The largest absolute Gasteiger partial charge is 0.399 e. The van der Waals surface area contributed by atoms with Gasteiger partial charge in [0.05, 0.1) is 6.04 Å². The van der Waals surface area contributed by atoms with Crippen LogP contribution in [0.25, 0.3) is 0 Å². The van der Waals surface area contributed by atoms with Crippen LogP contribution in [-0.2, 0) is 16.1 Å². The number of hydrogen-bond donors (Lipinski definition) is 1. The second-order valence-electron chi connectivity index (χ2n) is 5.76. The third-order valence-electron chi connectivity index (χ3n) is 4.28. The summed E-state index contributed by atoms with van der Waals surface area (Å²) in [6, 6.07) is 4.72. The first-order chi connectivity index (χ1) is 10.1. The molecule has 2 N–H and O–H groups in total. The molecule has 0 radical (unpaired) electrons. The maximum atomic E-state index is 12.5. The fourth-order valence-corrected chi connectivity index (χ4v) is 3.15. The van der Waals surface area contributed by atoms with Crippen LogP contribution in [-0.4, -0.2) is 28.4 Å². The highest BCUT2D eigenvalue weighted by atomic mass is 16.2. The Hall–Kier alpha value is -2.17. The summed E-state index contributed by atoms with van der Waals surface area (Å²) in [7, 11) is 0. The maximum absolute atomic E-state index is 12.5. The minimum absolute atomic E-state index is 0.0663. The summed E-state index contributed by atoms with van der Waals surface area (Å²) in [6.45, 7) is 0.407. The fourth-order valence-electron chi connectivity index (χ4n) is 3.15. The van der Waals surface area contributed by atoms with Gasteiger partial charge < -0.3 is 10.6 Å². The van der Waals surface area contributed by atoms with E-state index in [0.29, 0.717) is 49.9 Å². The number of rotatable bonds is 1. The van der Waals surface area contributed by atoms with Gasteiger partial charge in [-0.25, -0.2) is 0 Å². The van der Waals surface area contributed by atoms with E-state index >= 15 is 0 Å². The number of nitrogen functional groups attached to an aromatic ring is 1. The summed E-state index contributed by atoms with van der Waals surface area (Å²) < 4.78 is 0. The van der Waals surface area contributed by atoms with Crippen LogP contribution in [0, 0.1) is 0 Å². The average molecular weight is 286 g/mol. The molecule has 1 amide bonds. The zero-order valence-electron chi connectivity index (χ0n) is 11.8. The van der Waals surface area contributed by atoms with Crippen molar-refractivity contribution in [3.63, 3.8) is 0 Å². The van der Waals surface area contributed by atoms with E-state index < -0.39 is 6.04 Å². The van der Waals surface area contributed by atoms with Crippen molar-refractivity contribution in [3.8, 4) is 0 Å². The quantitative estimate of drug-likeness (QED) is 0.797. The van der Waals surface area contributed by atoms with Gasteiger partial charge in [0.2, 0.25) is 0 Å². The van der Waals surface area contributed by atoms with Crippen molar-refractivity contribution in [2.75, 3.05) is 5.73 Å². The van der Waals surface area contributed by atoms with Gasteiger partial charge in [-0.2, -0.15) is 0 Å². The first-order valence-corrected chi connectivity index (χ1v) is 7.30. The van der Waals surface area contributed by atoms with Gasteiger partial charge in [-0.1, -0.05) is 0 Å². The minimum atomic E-state index is -0.477. The van der Waals surface area contributed by atoms with E-state index in [0.717, 1.165) is 5.56 Å². The predicted octanol–water partition coefficient (Wildman–Crippen LogP) is 1.70. The molecule has 110 valence electrons. The molecule has 5 heteroatoms. The molecule has 5 nitrogen and oxygen atoms in total. The van der Waals surface area contributed by atoms with Crippen molar-refractivity contribution < 1.29 is 14.4 Å². The third kappa shape index (κ3) is 2.55. The molecule has 1 aliphatic carbocycles. The van der Waals surface area contributed by atoms with Gasteiger partial charge in [-0.3, -0.25) is 14.4 Å². The van der Waals surface area contributed by atoms with Crippen molar-refractivity contribution in [2.45, 2.75) is 44.7 Å². The van der Waals surface area contributed by atoms with Gasteiger partial charge in [0.1, 0.15) is 5.78 Å². The van der Waals surface area contributed by atoms with Crippen molar-refractivity contribution in [1.29, 1.82) is 0 Å². The topological polar surface area (TPSA) is 80.5 Å². The first kappa shape index (κ1) is 13.8. The molecular weight excluding hydrogens is 268 g/mol. The number of carbonyl (C=O) groups excluding carboxylic acids is 3. The van der Waals surface area contributed by atoms with E-state index in [9.17, 15) is 14.4 Å². The second-order valence-corrected chi connectivity index (χ2v) is 5.76. The van der Waals surface area contributed by atoms with Gasteiger partial charge in [0.15, 0.2) is 5.78 Å². The van der Waals surface area contributed by atoms with Crippen LogP contribution in [0.5, 0.6) is 0 Å². The molecule has 0 spiro atoms. The Labute approximate surface area is 123 Å². The number of fused-ring (bicyclic) bond motifs is 1. The lowest BCUT2D eigenvalue weighted by atomic mass is 9.94. The average Bonchev–Trinajstić information content (AvgIpc) is 2.74. The Morgan fingerprint density at radius 1 is 1.10 bits per heavy atom. The monoisotopic (exact) mass is 286 g/mol. The maximum Gasteiger partial charge on any atom is 0.255 e. The molecule has 1 fully saturated rings. The number of benzene rings is 1. The highest BCUT2D eigenvalue weighted by Gasteiger charge is 2.36. The lowest BCUT2D eigenvalue weighted by Gasteiger charge is -2.27. The summed E-state index contributed by atoms with van der Waals surface area (Å²) in [5.74, 6) is 0.119. The van der Waals surface area contributed by atoms with E-state index in [2.05, 4.69) is 0 Å². The molecule has 0 bridgehead atoms. The molecule has 2 aliphatic rings. The summed E-state index contributed by atoms with van der Waals surface area (Å²) in [4.78, 5) is 38.0. The molecule has 1 aromatic carbocycles. The molecule has 1 saturated carbocycles. The zero-order chi connectivity index (χ0) is 15.0. The van der Waals surface area contributed by atoms with Crippen LogP contribution >= 0.6 is 0 Å². The van der Waals surface area contributed by atoms with Crippen molar-refractivity contribution in [1.82, 2.24) is 4.90 Å². The highest BCUT2D eigenvalue weighted by Crippen LogP contribution is 2.29. The highest BCUT2D eigenvalue weighted by molar-refractivity contribution is 6.02. The summed E-state index contributed by atoms with van der Waals surface area (Å²) in [6.07, 6.45) is 2.25. The lowest BCUT2D eigenvalue weighted by molar-refractivity contribution is -0.126. The molecule has 3 rings (SSSR count). The van der Waals surface area contributed by atoms with Crippen LogP contribution in [0.1, 0.15) is 48.0 Å². The van der Waals surface area contributed by atoms with Crippen LogP contribution in [0.3, 0.4) is 0 Å². The van der Waals surface area contributed by atoms with Gasteiger partial charge in [-0.15, -0.1) is 0 Å². The smallest absolute Gasteiger partial charge is 0.255 e. The van der Waals surface area contributed by atoms with Gasteiger partial charge in [0.25, 0.3) is 5.91 Å². The van der Waals surface area contributed by atoms with E-state index in [4.69, 9.17) is 5.73 Å². The number of nitrogens with two attached hydrogens (primary N) is 1. The summed E-state index contributed by atoms with van der Waals surface area (Å²) in [5.41, 5.74) is 7.84. The minimum Gasteiger partial charge on any atom is -0.399 e. The SMILES string of the molecule is Nc1ccc2c(c1)CN(C1CCC(=O)CCCC1=O)C2=O. The van der Waals surface area contributed by atoms with E-state index in [-0.39, 0.29) is 17.5 Å². The Morgan fingerprint density at radius 2 is 1.90 bits per heavy atom. The number of ketones is 2. The molecule has 0 aromatic heterocycles. The molecule has 1 unspecified atom stereocenters. The standard InChI is InChI=1S/C16H18N2O3/c17-11-4-6-13-10(8-11)9-18(16(13)21)14-7-5-12(19)2-1-3-15(14)20/h4,6,8,14H,1-3,5,7,9,17H2. The van der Waals surface area contributed by atoms with Crippen LogP contribution in [0.4, 0.5) is 5.69 Å². The predicted molar refractivity (Wildman–Crippen MR) is 77.6 cm³/mol. The number of carbonyl (C=O) groups is 3. The number of nitrogens with zero attached hydrogens (tertiary/aromatic N) is 1. The van der Waals surface area contributed by atoms with Crippen LogP contribution < -0.4 is 5.73 Å².